The van der Waals surface area contributed by atoms with Gasteiger partial charge in [-0.25, -0.2) is 9.78 Å². The third kappa shape index (κ3) is 3.95. The quantitative estimate of drug-likeness (QED) is 0.805. The molecule has 3 heterocycles. The van der Waals surface area contributed by atoms with E-state index in [4.69, 9.17) is 4.98 Å². The average molecular weight is 398 g/mol. The molecule has 2 aromatic heterocycles. The highest BCUT2D eigenvalue weighted by Gasteiger charge is 2.35. The summed E-state index contributed by atoms with van der Waals surface area (Å²) in [5.41, 5.74) is 1.27. The smallest absolute Gasteiger partial charge is 0.320 e. The first kappa shape index (κ1) is 19.7. The first-order valence-corrected chi connectivity index (χ1v) is 10.8. The van der Waals surface area contributed by atoms with Crippen LogP contribution in [0.25, 0.3) is 5.52 Å². The Balaban J connectivity index is 1.64. The first-order chi connectivity index (χ1) is 14.1. The number of carbonyl (C=O) groups excluding carboxylic acids is 2. The lowest BCUT2D eigenvalue weighted by molar-refractivity contribution is 0.0930. The number of rotatable bonds is 3. The van der Waals surface area contributed by atoms with Crippen LogP contribution >= 0.6 is 0 Å². The molecule has 4 rings (SSSR count). The van der Waals surface area contributed by atoms with E-state index in [1.54, 1.807) is 19.0 Å². The zero-order valence-corrected chi connectivity index (χ0v) is 17.4. The predicted molar refractivity (Wildman–Crippen MR) is 112 cm³/mol. The van der Waals surface area contributed by atoms with E-state index in [2.05, 4.69) is 5.32 Å². The number of pyridine rings is 1. The second-order valence-corrected chi connectivity index (χ2v) is 8.46. The van der Waals surface area contributed by atoms with Gasteiger partial charge in [-0.05, 0) is 37.8 Å². The van der Waals surface area contributed by atoms with Gasteiger partial charge in [0, 0.05) is 32.9 Å². The van der Waals surface area contributed by atoms with Gasteiger partial charge in [0.15, 0.2) is 5.69 Å². The summed E-state index contributed by atoms with van der Waals surface area (Å²) in [6.07, 6.45) is 10.7. The molecule has 0 aromatic carbocycles. The molecule has 2 aromatic rings. The highest BCUT2D eigenvalue weighted by atomic mass is 16.2. The van der Waals surface area contributed by atoms with Gasteiger partial charge in [-0.2, -0.15) is 0 Å². The summed E-state index contributed by atoms with van der Waals surface area (Å²) in [5.74, 6) is 0.676. The molecule has 7 nitrogen and oxygen atoms in total. The van der Waals surface area contributed by atoms with Crippen LogP contribution in [0.4, 0.5) is 4.79 Å². The van der Waals surface area contributed by atoms with Crippen LogP contribution in [0.3, 0.4) is 0 Å². The van der Waals surface area contributed by atoms with Crippen molar-refractivity contribution in [3.05, 3.63) is 35.9 Å². The number of carbonyl (C=O) groups is 2. The highest BCUT2D eigenvalue weighted by molar-refractivity contribution is 5.99. The zero-order valence-electron chi connectivity index (χ0n) is 17.4. The van der Waals surface area contributed by atoms with Crippen LogP contribution < -0.4 is 5.32 Å². The van der Waals surface area contributed by atoms with Gasteiger partial charge in [0.1, 0.15) is 5.82 Å². The lowest BCUT2D eigenvalue weighted by Gasteiger charge is -2.27. The standard InChI is InChI=1S/C22H31N5O2/c1-25(2)22(29)27-15-9-13-18(27)20-24-19(17-12-7-8-14-26(17)20)21(28)23-16-10-5-3-4-6-11-16/h7-8,12,14,16,18H,3-6,9-11,13,15H2,1-2H3,(H,23,28)/t18-/m0/s1. The summed E-state index contributed by atoms with van der Waals surface area (Å²) in [7, 11) is 3.54. The van der Waals surface area contributed by atoms with Gasteiger partial charge in [0.25, 0.3) is 5.91 Å². The number of likely N-dealkylation sites (tertiary alicyclic amines) is 1. The number of fused-ring (bicyclic) bond motifs is 1. The topological polar surface area (TPSA) is 70.0 Å². The molecule has 3 amide bonds. The third-order valence-corrected chi connectivity index (χ3v) is 6.16. The van der Waals surface area contributed by atoms with Crippen LogP contribution in [-0.2, 0) is 0 Å². The molecule has 2 fully saturated rings. The van der Waals surface area contributed by atoms with Crippen LogP contribution in [0.5, 0.6) is 0 Å². The van der Waals surface area contributed by atoms with Crippen LogP contribution in [0, 0.1) is 0 Å². The second kappa shape index (κ2) is 8.43. The molecule has 0 spiro atoms. The molecule has 0 bridgehead atoms. The Morgan fingerprint density at radius 3 is 2.55 bits per heavy atom. The molecule has 1 saturated carbocycles. The van der Waals surface area contributed by atoms with Gasteiger partial charge in [-0.3, -0.25) is 4.79 Å². The van der Waals surface area contributed by atoms with Gasteiger partial charge in [0.2, 0.25) is 0 Å². The Hall–Kier alpha value is -2.57. The molecule has 156 valence electrons. The number of aromatic nitrogens is 2. The van der Waals surface area contributed by atoms with Crippen LogP contribution in [0.15, 0.2) is 24.4 Å². The molecule has 1 N–H and O–H groups in total. The van der Waals surface area contributed by atoms with Gasteiger partial charge >= 0.3 is 6.03 Å². The molecule has 1 saturated heterocycles. The fraction of sp³-hybridized carbons (Fsp3) is 0.591. The second-order valence-electron chi connectivity index (χ2n) is 8.46. The molecule has 0 radical (unpaired) electrons. The summed E-state index contributed by atoms with van der Waals surface area (Å²) >= 11 is 0. The Morgan fingerprint density at radius 1 is 1.07 bits per heavy atom. The monoisotopic (exact) mass is 397 g/mol. The highest BCUT2D eigenvalue weighted by Crippen LogP contribution is 2.33. The van der Waals surface area contributed by atoms with Crippen molar-refractivity contribution in [2.75, 3.05) is 20.6 Å². The van der Waals surface area contributed by atoms with E-state index >= 15 is 0 Å². The normalized spacial score (nSPS) is 20.6. The average Bonchev–Trinajstić information content (AvgIpc) is 3.25. The summed E-state index contributed by atoms with van der Waals surface area (Å²) < 4.78 is 1.98. The Kier molecular flexibility index (Phi) is 5.74. The largest absolute Gasteiger partial charge is 0.348 e. The molecule has 29 heavy (non-hydrogen) atoms. The van der Waals surface area contributed by atoms with E-state index < -0.39 is 0 Å². The summed E-state index contributed by atoms with van der Waals surface area (Å²) in [4.78, 5) is 34.0. The molecule has 1 atom stereocenters. The minimum Gasteiger partial charge on any atom is -0.348 e. The molecule has 1 aliphatic carbocycles. The zero-order chi connectivity index (χ0) is 20.4. The van der Waals surface area contributed by atoms with Crippen LogP contribution in [-0.4, -0.2) is 57.8 Å². The Bertz CT molecular complexity index is 882. The molecule has 7 heteroatoms. The Morgan fingerprint density at radius 2 is 1.83 bits per heavy atom. The summed E-state index contributed by atoms with van der Waals surface area (Å²) in [6, 6.07) is 5.92. The van der Waals surface area contributed by atoms with Crippen molar-refractivity contribution in [2.24, 2.45) is 0 Å². The number of nitrogens with one attached hydrogen (secondary N) is 1. The lowest BCUT2D eigenvalue weighted by atomic mass is 10.1. The van der Waals surface area contributed by atoms with Crippen molar-refractivity contribution in [2.45, 2.75) is 63.5 Å². The van der Waals surface area contributed by atoms with E-state index in [0.29, 0.717) is 12.2 Å². The van der Waals surface area contributed by atoms with E-state index in [1.807, 2.05) is 33.7 Å². The molecule has 2 aliphatic rings. The van der Waals surface area contributed by atoms with E-state index in [0.717, 1.165) is 37.0 Å². The van der Waals surface area contributed by atoms with Crippen LogP contribution in [0.1, 0.15) is 73.7 Å². The fourth-order valence-electron chi connectivity index (χ4n) is 4.66. The third-order valence-electron chi connectivity index (χ3n) is 6.16. The van der Waals surface area contributed by atoms with Gasteiger partial charge in [0.05, 0.1) is 11.6 Å². The number of nitrogens with zero attached hydrogens (tertiary/aromatic N) is 4. The van der Waals surface area contributed by atoms with Crippen molar-refractivity contribution < 1.29 is 9.59 Å². The number of amides is 3. The molecular weight excluding hydrogens is 366 g/mol. The molecule has 1 aliphatic heterocycles. The maximum absolute atomic E-state index is 13.1. The van der Waals surface area contributed by atoms with Crippen molar-refractivity contribution in [1.82, 2.24) is 24.5 Å². The maximum atomic E-state index is 13.1. The number of hydrogen-bond acceptors (Lipinski definition) is 3. The van der Waals surface area contributed by atoms with Crippen molar-refractivity contribution >= 4 is 17.5 Å². The predicted octanol–water partition coefficient (Wildman–Crippen LogP) is 3.61. The lowest BCUT2D eigenvalue weighted by Crippen LogP contribution is -2.39. The van der Waals surface area contributed by atoms with E-state index in [9.17, 15) is 9.59 Å². The minimum absolute atomic E-state index is 0.00959. The van der Waals surface area contributed by atoms with E-state index in [-0.39, 0.29) is 24.0 Å². The van der Waals surface area contributed by atoms with Gasteiger partial charge in [-0.15, -0.1) is 0 Å². The van der Waals surface area contributed by atoms with Crippen molar-refractivity contribution in [1.29, 1.82) is 0 Å². The first-order valence-electron chi connectivity index (χ1n) is 10.8. The molecular formula is C22H31N5O2. The van der Waals surface area contributed by atoms with Crippen molar-refractivity contribution in [3.63, 3.8) is 0 Å². The fourth-order valence-corrected chi connectivity index (χ4v) is 4.66. The number of urea groups is 1. The summed E-state index contributed by atoms with van der Waals surface area (Å²) in [5, 5.41) is 3.22. The van der Waals surface area contributed by atoms with Crippen LogP contribution in [0.2, 0.25) is 0 Å². The van der Waals surface area contributed by atoms with Crippen molar-refractivity contribution in [3.8, 4) is 0 Å². The maximum Gasteiger partial charge on any atom is 0.320 e. The summed E-state index contributed by atoms with van der Waals surface area (Å²) in [6.45, 7) is 0.715. The van der Waals surface area contributed by atoms with E-state index in [1.165, 1.54) is 25.7 Å². The minimum atomic E-state index is -0.112. The number of hydrogen-bond donors (Lipinski definition) is 1. The van der Waals surface area contributed by atoms with Gasteiger partial charge in [-0.1, -0.05) is 31.7 Å². The Labute approximate surface area is 172 Å². The number of imidazole rings is 1. The van der Waals surface area contributed by atoms with Gasteiger partial charge < -0.3 is 19.5 Å². The SMILES string of the molecule is CN(C)C(=O)N1CCC[C@H]1c1nc(C(=O)NC2CCCCCC2)c2ccccn12. The molecule has 0 unspecified atom stereocenters.